The van der Waals surface area contributed by atoms with Crippen LogP contribution in [0.4, 0.5) is 0 Å². The molecule has 3 heteroatoms. The van der Waals surface area contributed by atoms with Crippen LogP contribution in [0.1, 0.15) is 6.92 Å². The molecule has 2 N–H and O–H groups in total. The van der Waals surface area contributed by atoms with Gasteiger partial charge in [0.05, 0.1) is 0 Å². The highest BCUT2D eigenvalue weighted by Crippen LogP contribution is 2.22. The Labute approximate surface area is 112 Å². The molecule has 0 radical (unpaired) electrons. The van der Waals surface area contributed by atoms with E-state index in [2.05, 4.69) is 12.1 Å². The fourth-order valence-corrected chi connectivity index (χ4v) is 1.67. The highest BCUT2D eigenvalue weighted by molar-refractivity contribution is 7.80. The molecule has 92 valence electrons. The summed E-state index contributed by atoms with van der Waals surface area (Å²) in [6.45, 7) is 1.84. The van der Waals surface area contributed by atoms with Crippen molar-refractivity contribution in [3.05, 3.63) is 54.6 Å². The van der Waals surface area contributed by atoms with Gasteiger partial charge in [-0.15, -0.1) is 0 Å². The van der Waals surface area contributed by atoms with Gasteiger partial charge >= 0.3 is 0 Å². The first-order chi connectivity index (χ1) is 8.66. The van der Waals surface area contributed by atoms with Crippen molar-refractivity contribution < 1.29 is 4.74 Å². The van der Waals surface area contributed by atoms with Crippen LogP contribution in [0.5, 0.6) is 5.75 Å². The molecular weight excluding hydrogens is 242 g/mol. The lowest BCUT2D eigenvalue weighted by Crippen LogP contribution is -2.28. The summed E-state index contributed by atoms with van der Waals surface area (Å²) < 4.78 is 5.60. The molecular formula is C15H15NOS. The maximum atomic E-state index is 5.60. The Bertz CT molecular complexity index is 522. The van der Waals surface area contributed by atoms with Crippen molar-refractivity contribution >= 4 is 17.2 Å². The van der Waals surface area contributed by atoms with Gasteiger partial charge in [0.15, 0.2) is 0 Å². The van der Waals surface area contributed by atoms with E-state index in [-0.39, 0.29) is 6.10 Å². The average molecular weight is 257 g/mol. The maximum Gasteiger partial charge on any atom is 0.145 e. The molecule has 0 aliphatic carbocycles. The van der Waals surface area contributed by atoms with Crippen molar-refractivity contribution in [1.29, 1.82) is 0 Å². The summed E-state index contributed by atoms with van der Waals surface area (Å²) in [5, 5.41) is 0. The van der Waals surface area contributed by atoms with Crippen LogP contribution >= 0.6 is 12.2 Å². The molecule has 2 rings (SSSR count). The third-order valence-corrected chi connectivity index (χ3v) is 3.01. The third-order valence-electron chi connectivity index (χ3n) is 2.67. The van der Waals surface area contributed by atoms with E-state index in [1.54, 1.807) is 0 Å². The number of nitrogens with two attached hydrogens (primary N) is 1. The van der Waals surface area contributed by atoms with Crippen LogP contribution < -0.4 is 10.5 Å². The molecule has 0 aliphatic heterocycles. The van der Waals surface area contributed by atoms with Gasteiger partial charge in [-0.3, -0.25) is 0 Å². The topological polar surface area (TPSA) is 35.2 Å². The summed E-state index contributed by atoms with van der Waals surface area (Å²) in [6.07, 6.45) is -0.248. The molecule has 0 saturated carbocycles. The first-order valence-corrected chi connectivity index (χ1v) is 6.19. The quantitative estimate of drug-likeness (QED) is 0.853. The van der Waals surface area contributed by atoms with E-state index >= 15 is 0 Å². The minimum Gasteiger partial charge on any atom is -0.484 e. The normalized spacial score (nSPS) is 11.8. The Morgan fingerprint density at radius 1 is 1.00 bits per heavy atom. The Morgan fingerprint density at radius 3 is 2.11 bits per heavy atom. The molecule has 0 aliphatic rings. The SMILES string of the molecule is CC(Oc1ccc(-c2ccccc2)cc1)C(N)=S. The highest BCUT2D eigenvalue weighted by atomic mass is 32.1. The van der Waals surface area contributed by atoms with Crippen molar-refractivity contribution in [2.45, 2.75) is 13.0 Å². The van der Waals surface area contributed by atoms with Crippen LogP contribution in [0.3, 0.4) is 0 Å². The Balaban J connectivity index is 2.13. The van der Waals surface area contributed by atoms with E-state index < -0.39 is 0 Å². The maximum absolute atomic E-state index is 5.60. The number of hydrogen-bond acceptors (Lipinski definition) is 2. The van der Waals surface area contributed by atoms with E-state index in [0.29, 0.717) is 4.99 Å². The summed E-state index contributed by atoms with van der Waals surface area (Å²) in [5.74, 6) is 0.773. The van der Waals surface area contributed by atoms with E-state index in [0.717, 1.165) is 11.3 Å². The van der Waals surface area contributed by atoms with Gasteiger partial charge < -0.3 is 10.5 Å². The van der Waals surface area contributed by atoms with Crippen molar-refractivity contribution in [2.75, 3.05) is 0 Å². The van der Waals surface area contributed by atoms with Crippen molar-refractivity contribution in [3.8, 4) is 16.9 Å². The molecule has 0 bridgehead atoms. The van der Waals surface area contributed by atoms with Gasteiger partial charge in [-0.1, -0.05) is 54.7 Å². The highest BCUT2D eigenvalue weighted by Gasteiger charge is 2.06. The van der Waals surface area contributed by atoms with Crippen LogP contribution in [0, 0.1) is 0 Å². The average Bonchev–Trinajstić information content (AvgIpc) is 2.40. The standard InChI is InChI=1S/C15H15NOS/c1-11(15(16)18)17-14-9-7-13(8-10-14)12-5-3-2-4-6-12/h2-11H,1H3,(H2,16,18). The molecule has 2 aromatic rings. The van der Waals surface area contributed by atoms with Gasteiger partial charge in [-0.25, -0.2) is 0 Å². The predicted molar refractivity (Wildman–Crippen MR) is 78.8 cm³/mol. The van der Waals surface area contributed by atoms with Gasteiger partial charge in [-0.2, -0.15) is 0 Å². The zero-order valence-corrected chi connectivity index (χ0v) is 11.0. The lowest BCUT2D eigenvalue weighted by atomic mass is 10.1. The molecule has 18 heavy (non-hydrogen) atoms. The summed E-state index contributed by atoms with van der Waals surface area (Å²) in [5.41, 5.74) is 7.86. The second-order valence-electron chi connectivity index (χ2n) is 4.05. The third kappa shape index (κ3) is 3.08. The second-order valence-corrected chi connectivity index (χ2v) is 4.52. The van der Waals surface area contributed by atoms with Crippen molar-refractivity contribution in [1.82, 2.24) is 0 Å². The lowest BCUT2D eigenvalue weighted by molar-refractivity contribution is 0.288. The summed E-state index contributed by atoms with van der Waals surface area (Å²) in [6, 6.07) is 18.1. The van der Waals surface area contributed by atoms with E-state index in [9.17, 15) is 0 Å². The number of rotatable bonds is 4. The van der Waals surface area contributed by atoms with E-state index in [1.807, 2.05) is 49.4 Å². The molecule has 0 fully saturated rings. The summed E-state index contributed by atoms with van der Waals surface area (Å²) in [4.78, 5) is 0.363. The Hall–Kier alpha value is -1.87. The predicted octanol–water partition coefficient (Wildman–Crippen LogP) is 3.41. The summed E-state index contributed by atoms with van der Waals surface area (Å²) in [7, 11) is 0. The minimum atomic E-state index is -0.248. The molecule has 2 aromatic carbocycles. The first-order valence-electron chi connectivity index (χ1n) is 5.78. The Morgan fingerprint density at radius 2 is 1.56 bits per heavy atom. The smallest absolute Gasteiger partial charge is 0.145 e. The molecule has 1 atom stereocenters. The van der Waals surface area contributed by atoms with Crippen LogP contribution in [0.15, 0.2) is 54.6 Å². The van der Waals surface area contributed by atoms with Crippen LogP contribution in [0.25, 0.3) is 11.1 Å². The van der Waals surface area contributed by atoms with Crippen LogP contribution in [-0.2, 0) is 0 Å². The van der Waals surface area contributed by atoms with Gasteiger partial charge in [-0.05, 0) is 30.2 Å². The zero-order valence-electron chi connectivity index (χ0n) is 10.2. The van der Waals surface area contributed by atoms with Crippen LogP contribution in [-0.4, -0.2) is 11.1 Å². The molecule has 0 spiro atoms. The molecule has 2 nitrogen and oxygen atoms in total. The molecule has 0 aromatic heterocycles. The molecule has 0 amide bonds. The summed E-state index contributed by atoms with van der Waals surface area (Å²) >= 11 is 4.87. The minimum absolute atomic E-state index is 0.248. The van der Waals surface area contributed by atoms with Gasteiger partial charge in [0, 0.05) is 0 Å². The van der Waals surface area contributed by atoms with E-state index in [4.69, 9.17) is 22.7 Å². The van der Waals surface area contributed by atoms with E-state index in [1.165, 1.54) is 5.56 Å². The largest absolute Gasteiger partial charge is 0.484 e. The van der Waals surface area contributed by atoms with Gasteiger partial charge in [0.2, 0.25) is 0 Å². The number of thiocarbonyl (C=S) groups is 1. The first kappa shape index (κ1) is 12.6. The second kappa shape index (κ2) is 5.65. The number of ether oxygens (including phenoxy) is 1. The number of benzene rings is 2. The molecule has 0 saturated heterocycles. The molecule has 1 unspecified atom stereocenters. The van der Waals surface area contributed by atoms with Crippen LogP contribution in [0.2, 0.25) is 0 Å². The fourth-order valence-electron chi connectivity index (χ4n) is 1.62. The monoisotopic (exact) mass is 257 g/mol. The van der Waals surface area contributed by atoms with Gasteiger partial charge in [0.1, 0.15) is 16.8 Å². The molecule has 0 heterocycles. The Kier molecular flexibility index (Phi) is 3.95. The lowest BCUT2D eigenvalue weighted by Gasteiger charge is -2.13. The zero-order chi connectivity index (χ0) is 13.0. The van der Waals surface area contributed by atoms with Crippen molar-refractivity contribution in [2.24, 2.45) is 5.73 Å². The van der Waals surface area contributed by atoms with Gasteiger partial charge in [0.25, 0.3) is 0 Å². The number of hydrogen-bond donors (Lipinski definition) is 1. The fraction of sp³-hybridized carbons (Fsp3) is 0.133. The van der Waals surface area contributed by atoms with Crippen molar-refractivity contribution in [3.63, 3.8) is 0 Å².